The van der Waals surface area contributed by atoms with Crippen LogP contribution in [0.15, 0.2) is 24.3 Å². The highest BCUT2D eigenvalue weighted by Gasteiger charge is 2.22. The molecule has 4 heteroatoms. The molecule has 0 unspecified atom stereocenters. The Morgan fingerprint density at radius 1 is 1.40 bits per heavy atom. The van der Waals surface area contributed by atoms with Crippen LogP contribution in [0.5, 0.6) is 5.75 Å². The average molecular weight is 277 g/mol. The van der Waals surface area contributed by atoms with Crippen LogP contribution in [0.25, 0.3) is 0 Å². The molecule has 1 heterocycles. The molecule has 20 heavy (non-hydrogen) atoms. The van der Waals surface area contributed by atoms with E-state index in [0.29, 0.717) is 24.6 Å². The predicted molar refractivity (Wildman–Crippen MR) is 77.9 cm³/mol. The van der Waals surface area contributed by atoms with Crippen LogP contribution >= 0.6 is 0 Å². The van der Waals surface area contributed by atoms with E-state index < -0.39 is 0 Å². The lowest BCUT2D eigenvalue weighted by Crippen LogP contribution is -2.42. The first-order valence-electron chi connectivity index (χ1n) is 7.26. The number of nitrogens with zero attached hydrogens (tertiary/aromatic N) is 1. The van der Waals surface area contributed by atoms with Crippen molar-refractivity contribution in [3.63, 3.8) is 0 Å². The fourth-order valence-corrected chi connectivity index (χ4v) is 2.28. The summed E-state index contributed by atoms with van der Waals surface area (Å²) in [6.07, 6.45) is 1.26. The van der Waals surface area contributed by atoms with Gasteiger partial charge in [0, 0.05) is 18.7 Å². The third kappa shape index (κ3) is 3.97. The van der Waals surface area contributed by atoms with Crippen molar-refractivity contribution in [2.45, 2.75) is 32.8 Å². The van der Waals surface area contributed by atoms with Gasteiger partial charge in [0.1, 0.15) is 5.75 Å². The molecule has 1 aliphatic rings. The van der Waals surface area contributed by atoms with E-state index in [4.69, 9.17) is 4.74 Å². The number of hydrogen-bond acceptors (Lipinski definition) is 3. The monoisotopic (exact) mass is 277 g/mol. The van der Waals surface area contributed by atoms with Gasteiger partial charge in [-0.05, 0) is 43.0 Å². The predicted octanol–water partition coefficient (Wildman–Crippen LogP) is 2.32. The Morgan fingerprint density at radius 3 is 2.70 bits per heavy atom. The molecular weight excluding hydrogens is 254 g/mol. The molecule has 1 amide bonds. The molecule has 1 fully saturated rings. The number of benzene rings is 1. The van der Waals surface area contributed by atoms with Crippen LogP contribution in [0.2, 0.25) is 0 Å². The third-order valence-electron chi connectivity index (χ3n) is 3.37. The Bertz CT molecular complexity index is 442. The summed E-state index contributed by atoms with van der Waals surface area (Å²) < 4.78 is 5.60. The summed E-state index contributed by atoms with van der Waals surface area (Å²) in [6, 6.07) is 7.24. The van der Waals surface area contributed by atoms with Gasteiger partial charge >= 0.3 is 0 Å². The zero-order valence-corrected chi connectivity index (χ0v) is 12.2. The highest BCUT2D eigenvalue weighted by Crippen LogP contribution is 2.17. The van der Waals surface area contributed by atoms with Crippen molar-refractivity contribution in [1.82, 2.24) is 4.90 Å². The Hall–Kier alpha value is -1.55. The van der Waals surface area contributed by atoms with Gasteiger partial charge in [0.15, 0.2) is 0 Å². The van der Waals surface area contributed by atoms with E-state index in [2.05, 4.69) is 13.8 Å². The molecule has 0 bridgehead atoms. The molecule has 0 aliphatic carbocycles. The number of carbonyl (C=O) groups is 1. The summed E-state index contributed by atoms with van der Waals surface area (Å²) in [5.41, 5.74) is 0.649. The van der Waals surface area contributed by atoms with Gasteiger partial charge in [-0.25, -0.2) is 0 Å². The molecule has 0 saturated carbocycles. The highest BCUT2D eigenvalue weighted by atomic mass is 16.5. The first-order chi connectivity index (χ1) is 9.56. The Kier molecular flexibility index (Phi) is 5.01. The van der Waals surface area contributed by atoms with E-state index in [-0.39, 0.29) is 12.0 Å². The van der Waals surface area contributed by atoms with Crippen molar-refractivity contribution in [1.29, 1.82) is 0 Å². The average Bonchev–Trinajstić information content (AvgIpc) is 2.45. The van der Waals surface area contributed by atoms with Crippen LogP contribution in [0, 0.1) is 5.92 Å². The summed E-state index contributed by atoms with van der Waals surface area (Å²) in [5, 5.41) is 9.63. The highest BCUT2D eigenvalue weighted by molar-refractivity contribution is 5.94. The van der Waals surface area contributed by atoms with E-state index in [1.807, 2.05) is 12.1 Å². The molecule has 1 aromatic rings. The van der Waals surface area contributed by atoms with E-state index in [1.165, 1.54) is 0 Å². The minimum Gasteiger partial charge on any atom is -0.493 e. The van der Waals surface area contributed by atoms with Crippen LogP contribution in [0.1, 0.15) is 37.0 Å². The number of aliphatic hydroxyl groups excluding tert-OH is 1. The Labute approximate surface area is 120 Å². The molecule has 1 aromatic carbocycles. The number of ether oxygens (including phenoxy) is 1. The maximum absolute atomic E-state index is 12.3. The van der Waals surface area contributed by atoms with E-state index in [9.17, 15) is 9.90 Å². The smallest absolute Gasteiger partial charge is 0.253 e. The molecule has 0 spiro atoms. The summed E-state index contributed by atoms with van der Waals surface area (Å²) in [7, 11) is 0. The molecule has 4 nitrogen and oxygen atoms in total. The number of rotatable bonds is 4. The molecule has 2 rings (SSSR count). The molecular formula is C16H23NO3. The maximum atomic E-state index is 12.3. The Morgan fingerprint density at radius 2 is 2.10 bits per heavy atom. The van der Waals surface area contributed by atoms with Gasteiger partial charge in [0.05, 0.1) is 12.7 Å². The normalized spacial score (nSPS) is 19.2. The van der Waals surface area contributed by atoms with Crippen molar-refractivity contribution < 1.29 is 14.6 Å². The Balaban J connectivity index is 1.96. The van der Waals surface area contributed by atoms with Crippen molar-refractivity contribution >= 4 is 5.91 Å². The first kappa shape index (κ1) is 14.9. The number of aliphatic hydroxyl groups is 1. The molecule has 110 valence electrons. The number of β-amino-alcohol motifs (C(OH)–C–C–N with tert-alkyl or cyclic N) is 1. The zero-order valence-electron chi connectivity index (χ0n) is 12.2. The van der Waals surface area contributed by atoms with Gasteiger partial charge in [0.2, 0.25) is 0 Å². The van der Waals surface area contributed by atoms with Gasteiger partial charge < -0.3 is 14.7 Å². The summed E-state index contributed by atoms with van der Waals surface area (Å²) in [6.45, 7) is 6.02. The number of carbonyl (C=O) groups excluding carboxylic acids is 1. The number of likely N-dealkylation sites (tertiary alicyclic amines) is 1. The maximum Gasteiger partial charge on any atom is 0.253 e. The standard InChI is InChI=1S/C16H23NO3/c1-12(2)11-20-15-7-5-13(6-8-15)16(19)17-9-3-4-14(18)10-17/h5-8,12,14,18H,3-4,9-11H2,1-2H3/t14-/m0/s1. The fraction of sp³-hybridized carbons (Fsp3) is 0.562. The van der Waals surface area contributed by atoms with E-state index in [0.717, 1.165) is 25.1 Å². The minimum absolute atomic E-state index is 0.0147. The molecule has 1 atom stereocenters. The summed E-state index contributed by atoms with van der Waals surface area (Å²) in [5.74, 6) is 1.25. The van der Waals surface area contributed by atoms with E-state index >= 15 is 0 Å². The molecule has 1 N–H and O–H groups in total. The van der Waals surface area contributed by atoms with Crippen molar-refractivity contribution in [2.24, 2.45) is 5.92 Å². The van der Waals surface area contributed by atoms with Crippen molar-refractivity contribution in [3.8, 4) is 5.75 Å². The van der Waals surface area contributed by atoms with Gasteiger partial charge in [-0.1, -0.05) is 13.8 Å². The lowest BCUT2D eigenvalue weighted by atomic mass is 10.1. The third-order valence-corrected chi connectivity index (χ3v) is 3.37. The van der Waals surface area contributed by atoms with Crippen LogP contribution in [0.4, 0.5) is 0 Å². The lowest BCUT2D eigenvalue weighted by molar-refractivity contribution is 0.0473. The van der Waals surface area contributed by atoms with Gasteiger partial charge in [0.25, 0.3) is 5.91 Å². The topological polar surface area (TPSA) is 49.8 Å². The van der Waals surface area contributed by atoms with Gasteiger partial charge in [-0.3, -0.25) is 4.79 Å². The second-order valence-corrected chi connectivity index (χ2v) is 5.78. The molecule has 0 radical (unpaired) electrons. The molecule has 1 aliphatic heterocycles. The van der Waals surface area contributed by atoms with Crippen LogP contribution in [-0.4, -0.2) is 41.7 Å². The second-order valence-electron chi connectivity index (χ2n) is 5.78. The van der Waals surface area contributed by atoms with Crippen LogP contribution in [-0.2, 0) is 0 Å². The van der Waals surface area contributed by atoms with Gasteiger partial charge in [-0.2, -0.15) is 0 Å². The first-order valence-corrected chi connectivity index (χ1v) is 7.26. The zero-order chi connectivity index (χ0) is 14.5. The molecule has 1 saturated heterocycles. The number of amides is 1. The lowest BCUT2D eigenvalue weighted by Gasteiger charge is -2.30. The van der Waals surface area contributed by atoms with E-state index in [1.54, 1.807) is 17.0 Å². The SMILES string of the molecule is CC(C)COc1ccc(C(=O)N2CCC[C@H](O)C2)cc1. The van der Waals surface area contributed by atoms with Crippen molar-refractivity contribution in [2.75, 3.05) is 19.7 Å². The van der Waals surface area contributed by atoms with Crippen LogP contribution < -0.4 is 4.74 Å². The second kappa shape index (κ2) is 6.75. The molecule has 0 aromatic heterocycles. The van der Waals surface area contributed by atoms with Crippen LogP contribution in [0.3, 0.4) is 0 Å². The number of hydrogen-bond donors (Lipinski definition) is 1. The quantitative estimate of drug-likeness (QED) is 0.919. The fourth-order valence-electron chi connectivity index (χ4n) is 2.28. The van der Waals surface area contributed by atoms with Gasteiger partial charge in [-0.15, -0.1) is 0 Å². The summed E-state index contributed by atoms with van der Waals surface area (Å²) in [4.78, 5) is 14.0. The largest absolute Gasteiger partial charge is 0.493 e. The summed E-state index contributed by atoms with van der Waals surface area (Å²) >= 11 is 0. The number of piperidine rings is 1. The van der Waals surface area contributed by atoms with Crippen molar-refractivity contribution in [3.05, 3.63) is 29.8 Å². The minimum atomic E-state index is -0.388.